The van der Waals surface area contributed by atoms with Crippen LogP contribution in [0.2, 0.25) is 0 Å². The maximum Gasteiger partial charge on any atom is 0.322 e. The Bertz CT molecular complexity index is 1010. The Morgan fingerprint density at radius 3 is 1.41 bits per heavy atom. The summed E-state index contributed by atoms with van der Waals surface area (Å²) in [5, 5.41) is 11.1. The quantitative estimate of drug-likeness (QED) is 0.0369. The molecule has 0 saturated heterocycles. The molecule has 2 N–H and O–H groups in total. The van der Waals surface area contributed by atoms with E-state index in [0.29, 0.717) is 12.8 Å². The third-order valence-corrected chi connectivity index (χ3v) is 9.67. The molecule has 0 heterocycles. The number of carbonyl (C=O) groups is 3. The molecule has 0 saturated carbocycles. The molecule has 6 heteroatoms. The van der Waals surface area contributed by atoms with E-state index in [1.165, 1.54) is 83.5 Å². The molecule has 0 aliphatic carbocycles. The summed E-state index contributed by atoms with van der Waals surface area (Å²) >= 11 is 0. The molecule has 0 radical (unpaired) electrons. The number of rotatable bonds is 40. The predicted octanol–water partition coefficient (Wildman–Crippen LogP) is 14.0. The zero-order chi connectivity index (χ0) is 39.4. The summed E-state index contributed by atoms with van der Waals surface area (Å²) in [6.07, 6.45) is 56.3. The van der Waals surface area contributed by atoms with E-state index in [4.69, 9.17) is 9.84 Å². The summed E-state index contributed by atoms with van der Waals surface area (Å²) in [6, 6.07) is 0. The van der Waals surface area contributed by atoms with Crippen molar-refractivity contribution in [2.75, 3.05) is 6.54 Å². The van der Waals surface area contributed by atoms with E-state index in [1.54, 1.807) is 0 Å². The first-order chi connectivity index (χ1) is 26.5. The fourth-order valence-corrected chi connectivity index (χ4v) is 6.38. The van der Waals surface area contributed by atoms with Gasteiger partial charge >= 0.3 is 11.9 Å². The fraction of sp³-hybridized carbons (Fsp3) is 0.729. The highest BCUT2D eigenvalue weighted by Gasteiger charge is 2.14. The SMILES string of the molecule is CC/C=C\C/C=C\C/C=C\CCCCCCCCCC(=O)OC(CCCCC/C=C\C/C=C\CCCCCCC)CCCCCCCC(=O)NCC(=O)O. The van der Waals surface area contributed by atoms with E-state index in [-0.39, 0.29) is 24.5 Å². The van der Waals surface area contributed by atoms with Crippen molar-refractivity contribution < 1.29 is 24.2 Å². The lowest BCUT2D eigenvalue weighted by atomic mass is 10.0. The van der Waals surface area contributed by atoms with Crippen molar-refractivity contribution in [2.24, 2.45) is 0 Å². The lowest BCUT2D eigenvalue weighted by Gasteiger charge is -2.18. The first-order valence-electron chi connectivity index (χ1n) is 22.4. The first kappa shape index (κ1) is 51.1. The monoisotopic (exact) mass is 754 g/mol. The third kappa shape index (κ3) is 41.9. The number of esters is 1. The van der Waals surface area contributed by atoms with Crippen molar-refractivity contribution in [3.8, 4) is 0 Å². The number of hydrogen-bond acceptors (Lipinski definition) is 4. The van der Waals surface area contributed by atoms with Gasteiger partial charge in [0.25, 0.3) is 0 Å². The normalized spacial score (nSPS) is 12.6. The number of ether oxygens (including phenoxy) is 1. The van der Waals surface area contributed by atoms with Gasteiger partial charge in [0.05, 0.1) is 0 Å². The molecule has 54 heavy (non-hydrogen) atoms. The Morgan fingerprint density at radius 1 is 0.500 bits per heavy atom. The maximum atomic E-state index is 12.8. The van der Waals surface area contributed by atoms with Crippen molar-refractivity contribution in [3.05, 3.63) is 60.8 Å². The number of nitrogens with one attached hydrogen (secondary N) is 1. The van der Waals surface area contributed by atoms with E-state index < -0.39 is 5.97 Å². The molecular weight excluding hydrogens is 671 g/mol. The molecule has 1 unspecified atom stereocenters. The van der Waals surface area contributed by atoms with E-state index in [2.05, 4.69) is 79.9 Å². The van der Waals surface area contributed by atoms with Crippen molar-refractivity contribution in [3.63, 3.8) is 0 Å². The van der Waals surface area contributed by atoms with Crippen LogP contribution in [0.15, 0.2) is 60.8 Å². The summed E-state index contributed by atoms with van der Waals surface area (Å²) in [6.45, 7) is 4.10. The van der Waals surface area contributed by atoms with Gasteiger partial charge in [0.15, 0.2) is 0 Å². The number of allylic oxidation sites excluding steroid dienone is 10. The minimum atomic E-state index is -1.02. The number of carboxylic acids is 1. The average molecular weight is 754 g/mol. The van der Waals surface area contributed by atoms with Gasteiger partial charge in [-0.2, -0.15) is 0 Å². The van der Waals surface area contributed by atoms with Crippen LogP contribution in [0, 0.1) is 0 Å². The molecule has 1 amide bonds. The van der Waals surface area contributed by atoms with Crippen molar-refractivity contribution in [1.82, 2.24) is 5.32 Å². The molecule has 0 aliphatic heterocycles. The molecule has 0 aromatic rings. The summed E-state index contributed by atoms with van der Waals surface area (Å²) in [4.78, 5) is 35.1. The number of carbonyl (C=O) groups excluding carboxylic acids is 2. The second kappa shape index (κ2) is 42.8. The predicted molar refractivity (Wildman–Crippen MR) is 231 cm³/mol. The second-order valence-electron chi connectivity index (χ2n) is 14.9. The largest absolute Gasteiger partial charge is 0.480 e. The van der Waals surface area contributed by atoms with Gasteiger partial charge in [0.2, 0.25) is 5.91 Å². The van der Waals surface area contributed by atoms with E-state index in [1.807, 2.05) is 0 Å². The van der Waals surface area contributed by atoms with Gasteiger partial charge in [-0.3, -0.25) is 14.4 Å². The summed E-state index contributed by atoms with van der Waals surface area (Å²) in [7, 11) is 0. The number of aliphatic carboxylic acids is 1. The highest BCUT2D eigenvalue weighted by molar-refractivity contribution is 5.80. The van der Waals surface area contributed by atoms with Crippen LogP contribution in [0.25, 0.3) is 0 Å². The molecule has 310 valence electrons. The number of unbranched alkanes of at least 4 members (excludes halogenated alkanes) is 19. The van der Waals surface area contributed by atoms with Gasteiger partial charge in [-0.1, -0.05) is 158 Å². The van der Waals surface area contributed by atoms with Crippen LogP contribution in [0.3, 0.4) is 0 Å². The van der Waals surface area contributed by atoms with Crippen LogP contribution in [-0.2, 0) is 19.1 Å². The Hall–Kier alpha value is -2.89. The molecule has 0 rings (SSSR count). The van der Waals surface area contributed by atoms with Crippen LogP contribution < -0.4 is 5.32 Å². The highest BCUT2D eigenvalue weighted by Crippen LogP contribution is 2.18. The molecular formula is C48H83NO5. The zero-order valence-electron chi connectivity index (χ0n) is 35.1. The van der Waals surface area contributed by atoms with Gasteiger partial charge in [-0.25, -0.2) is 0 Å². The topological polar surface area (TPSA) is 92.7 Å². The molecule has 0 bridgehead atoms. The van der Waals surface area contributed by atoms with Crippen molar-refractivity contribution in [1.29, 1.82) is 0 Å². The summed E-state index contributed by atoms with van der Waals surface area (Å²) in [5.41, 5.74) is 0. The van der Waals surface area contributed by atoms with Crippen molar-refractivity contribution >= 4 is 17.8 Å². The van der Waals surface area contributed by atoms with E-state index in [0.717, 1.165) is 103 Å². The Kier molecular flexibility index (Phi) is 40.6. The molecule has 0 aromatic heterocycles. The van der Waals surface area contributed by atoms with E-state index >= 15 is 0 Å². The lowest BCUT2D eigenvalue weighted by Crippen LogP contribution is -2.28. The van der Waals surface area contributed by atoms with Gasteiger partial charge in [-0.15, -0.1) is 0 Å². The summed E-state index contributed by atoms with van der Waals surface area (Å²) in [5.74, 6) is -1.26. The molecule has 0 fully saturated rings. The lowest BCUT2D eigenvalue weighted by molar-refractivity contribution is -0.150. The third-order valence-electron chi connectivity index (χ3n) is 9.67. The van der Waals surface area contributed by atoms with Gasteiger partial charge < -0.3 is 15.2 Å². The molecule has 1 atom stereocenters. The van der Waals surface area contributed by atoms with Crippen LogP contribution in [-0.4, -0.2) is 35.6 Å². The van der Waals surface area contributed by atoms with Crippen LogP contribution in [0.4, 0.5) is 0 Å². The van der Waals surface area contributed by atoms with Gasteiger partial charge in [0.1, 0.15) is 12.6 Å². The molecule has 6 nitrogen and oxygen atoms in total. The average Bonchev–Trinajstić information content (AvgIpc) is 3.16. The van der Waals surface area contributed by atoms with Crippen LogP contribution in [0.1, 0.15) is 213 Å². The smallest absolute Gasteiger partial charge is 0.322 e. The number of hydrogen-bond donors (Lipinski definition) is 2. The number of amides is 1. The Labute approximate surface area is 332 Å². The standard InChI is InChI=1S/C48H83NO5/c1-3-5-7-9-11-13-15-17-19-20-22-24-26-28-30-35-39-43-48(53)54-45(41-37-33-31-34-38-42-46(50)49-44-47(51)52)40-36-32-29-27-25-23-21-18-16-14-12-10-8-6-4-2/h5,7,11,13,16-19,23,25,45H,3-4,6,8-10,12,14-15,20-22,24,26-44H2,1-2H3,(H,49,50)(H,51,52)/b7-5-,13-11-,18-16-,19-17-,25-23-. The van der Waals surface area contributed by atoms with Crippen molar-refractivity contribution in [2.45, 2.75) is 219 Å². The summed E-state index contributed by atoms with van der Waals surface area (Å²) < 4.78 is 6.03. The van der Waals surface area contributed by atoms with Crippen LogP contribution in [0.5, 0.6) is 0 Å². The Balaban J connectivity index is 4.25. The minimum Gasteiger partial charge on any atom is -0.480 e. The number of carboxylic acid groups (broad SMARTS) is 1. The van der Waals surface area contributed by atoms with Gasteiger partial charge in [-0.05, 0) is 103 Å². The first-order valence-corrected chi connectivity index (χ1v) is 22.4. The molecule has 0 aliphatic rings. The minimum absolute atomic E-state index is 0.00466. The van der Waals surface area contributed by atoms with E-state index in [9.17, 15) is 14.4 Å². The second-order valence-corrected chi connectivity index (χ2v) is 14.9. The molecule has 0 spiro atoms. The fourth-order valence-electron chi connectivity index (χ4n) is 6.38. The maximum absolute atomic E-state index is 12.8. The highest BCUT2D eigenvalue weighted by atomic mass is 16.5. The van der Waals surface area contributed by atoms with Gasteiger partial charge in [0, 0.05) is 12.8 Å². The zero-order valence-corrected chi connectivity index (χ0v) is 35.1. The van der Waals surface area contributed by atoms with Crippen LogP contribution >= 0.6 is 0 Å². The Morgan fingerprint density at radius 2 is 0.907 bits per heavy atom. The molecule has 0 aromatic carbocycles.